The highest BCUT2D eigenvalue weighted by Crippen LogP contribution is 2.51. The number of rotatable bonds is 0. The van der Waals surface area contributed by atoms with Crippen molar-refractivity contribution >= 4 is 5.78 Å². The molecule has 0 radical (unpaired) electrons. The van der Waals surface area contributed by atoms with E-state index < -0.39 is 0 Å². The molecular formula is C9H12O3. The summed E-state index contributed by atoms with van der Waals surface area (Å²) in [6, 6.07) is 0. The lowest BCUT2D eigenvalue weighted by Crippen LogP contribution is -2.41. The van der Waals surface area contributed by atoms with E-state index in [0.29, 0.717) is 36.8 Å². The Morgan fingerprint density at radius 1 is 1.42 bits per heavy atom. The van der Waals surface area contributed by atoms with Crippen LogP contribution in [0.2, 0.25) is 0 Å². The average Bonchev–Trinajstić information content (AvgIpc) is 2.12. The molecule has 0 amide bonds. The number of ether oxygens (including phenoxy) is 2. The van der Waals surface area contributed by atoms with E-state index in [1.54, 1.807) is 0 Å². The van der Waals surface area contributed by atoms with Crippen molar-refractivity contribution in [2.75, 3.05) is 13.4 Å². The topological polar surface area (TPSA) is 35.5 Å². The van der Waals surface area contributed by atoms with Crippen LogP contribution in [-0.4, -0.2) is 25.3 Å². The summed E-state index contributed by atoms with van der Waals surface area (Å²) in [5.41, 5.74) is 0. The van der Waals surface area contributed by atoms with Crippen LogP contribution in [0.5, 0.6) is 0 Å². The number of carbonyl (C=O) groups is 1. The van der Waals surface area contributed by atoms with Gasteiger partial charge < -0.3 is 9.47 Å². The van der Waals surface area contributed by atoms with E-state index in [9.17, 15) is 4.79 Å². The van der Waals surface area contributed by atoms with Gasteiger partial charge in [0, 0.05) is 18.3 Å². The number of hydrogen-bond acceptors (Lipinski definition) is 3. The zero-order chi connectivity index (χ0) is 8.13. The molecular weight excluding hydrogens is 156 g/mol. The van der Waals surface area contributed by atoms with Crippen LogP contribution in [0.3, 0.4) is 0 Å². The van der Waals surface area contributed by atoms with E-state index in [-0.39, 0.29) is 6.10 Å². The van der Waals surface area contributed by atoms with Gasteiger partial charge in [-0.05, 0) is 12.3 Å². The summed E-state index contributed by atoms with van der Waals surface area (Å²) in [6.45, 7) is 1.18. The first-order valence-corrected chi connectivity index (χ1v) is 4.58. The molecule has 0 aromatic heterocycles. The first kappa shape index (κ1) is 7.04. The monoisotopic (exact) mass is 168 g/mol. The molecule has 4 atom stereocenters. The molecule has 3 fully saturated rings. The lowest BCUT2D eigenvalue weighted by molar-refractivity contribution is -0.126. The van der Waals surface area contributed by atoms with Gasteiger partial charge in [-0.15, -0.1) is 0 Å². The quantitative estimate of drug-likeness (QED) is 0.531. The van der Waals surface area contributed by atoms with Crippen molar-refractivity contribution in [3.63, 3.8) is 0 Å². The molecule has 12 heavy (non-hydrogen) atoms. The van der Waals surface area contributed by atoms with Gasteiger partial charge in [-0.3, -0.25) is 4.79 Å². The normalized spacial score (nSPS) is 51.2. The highest BCUT2D eigenvalue weighted by molar-refractivity contribution is 5.85. The average molecular weight is 168 g/mol. The van der Waals surface area contributed by atoms with Crippen molar-refractivity contribution in [2.24, 2.45) is 17.8 Å². The van der Waals surface area contributed by atoms with Crippen molar-refractivity contribution in [1.82, 2.24) is 0 Å². The summed E-state index contributed by atoms with van der Waals surface area (Å²) in [7, 11) is 0. The summed E-state index contributed by atoms with van der Waals surface area (Å²) in [5.74, 6) is 1.85. The van der Waals surface area contributed by atoms with E-state index in [2.05, 4.69) is 0 Å². The van der Waals surface area contributed by atoms with Crippen molar-refractivity contribution in [2.45, 2.75) is 18.9 Å². The fourth-order valence-corrected chi connectivity index (χ4v) is 2.85. The van der Waals surface area contributed by atoms with Crippen LogP contribution in [0, 0.1) is 17.8 Å². The molecule has 0 N–H and O–H groups in total. The second kappa shape index (κ2) is 2.30. The maximum Gasteiger partial charge on any atom is 0.147 e. The Labute approximate surface area is 71.0 Å². The fourth-order valence-electron chi connectivity index (χ4n) is 2.85. The van der Waals surface area contributed by atoms with Gasteiger partial charge in [0.1, 0.15) is 12.6 Å². The Morgan fingerprint density at radius 3 is 3.25 bits per heavy atom. The molecule has 0 aromatic rings. The first-order chi connectivity index (χ1) is 5.86. The second-order valence-corrected chi connectivity index (χ2v) is 4.04. The lowest BCUT2D eigenvalue weighted by atomic mass is 9.66. The van der Waals surface area contributed by atoms with Gasteiger partial charge in [-0.1, -0.05) is 0 Å². The minimum absolute atomic E-state index is 0.184. The summed E-state index contributed by atoms with van der Waals surface area (Å²) in [5, 5.41) is 0. The number of hydrogen-bond donors (Lipinski definition) is 0. The van der Waals surface area contributed by atoms with Crippen LogP contribution >= 0.6 is 0 Å². The minimum Gasteiger partial charge on any atom is -0.355 e. The molecule has 0 aromatic carbocycles. The predicted molar refractivity (Wildman–Crippen MR) is 40.4 cm³/mol. The third-order valence-corrected chi connectivity index (χ3v) is 3.51. The molecule has 66 valence electrons. The predicted octanol–water partition coefficient (Wildman–Crippen LogP) is 0.584. The largest absolute Gasteiger partial charge is 0.355 e. The van der Waals surface area contributed by atoms with Gasteiger partial charge in [0.05, 0.1) is 12.7 Å². The number of carbonyl (C=O) groups excluding carboxylic acids is 1. The Balaban J connectivity index is 1.87. The van der Waals surface area contributed by atoms with Gasteiger partial charge in [-0.25, -0.2) is 0 Å². The maximum absolute atomic E-state index is 11.4. The Morgan fingerprint density at radius 2 is 2.33 bits per heavy atom. The van der Waals surface area contributed by atoms with Crippen LogP contribution < -0.4 is 0 Å². The van der Waals surface area contributed by atoms with Crippen LogP contribution in [0.15, 0.2) is 0 Å². The van der Waals surface area contributed by atoms with E-state index in [1.807, 2.05) is 0 Å². The van der Waals surface area contributed by atoms with Crippen molar-refractivity contribution in [3.05, 3.63) is 0 Å². The molecule has 1 aliphatic heterocycles. The zero-order valence-corrected chi connectivity index (χ0v) is 6.86. The van der Waals surface area contributed by atoms with Crippen LogP contribution in [0.25, 0.3) is 0 Å². The fraction of sp³-hybridized carbons (Fsp3) is 0.889. The third-order valence-electron chi connectivity index (χ3n) is 3.51. The highest BCUT2D eigenvalue weighted by atomic mass is 16.7. The minimum atomic E-state index is 0.184. The summed E-state index contributed by atoms with van der Waals surface area (Å²) in [4.78, 5) is 11.4. The van der Waals surface area contributed by atoms with Crippen LogP contribution in [0.1, 0.15) is 12.8 Å². The maximum atomic E-state index is 11.4. The Bertz CT molecular complexity index is 226. The molecule has 2 aliphatic carbocycles. The number of ketones is 1. The summed E-state index contributed by atoms with van der Waals surface area (Å²) in [6.07, 6.45) is 1.86. The molecule has 3 nitrogen and oxygen atoms in total. The number of Topliss-reactive ketones (excluding diaryl/α,β-unsaturated/α-hetero) is 1. The van der Waals surface area contributed by atoms with Gasteiger partial charge in [0.15, 0.2) is 0 Å². The summed E-state index contributed by atoms with van der Waals surface area (Å²) >= 11 is 0. The van der Waals surface area contributed by atoms with Gasteiger partial charge in [-0.2, -0.15) is 0 Å². The van der Waals surface area contributed by atoms with E-state index in [1.165, 1.54) is 0 Å². The van der Waals surface area contributed by atoms with Crippen LogP contribution in [-0.2, 0) is 14.3 Å². The molecule has 3 heteroatoms. The molecule has 3 rings (SSSR count). The molecule has 2 saturated carbocycles. The molecule has 0 bridgehead atoms. The zero-order valence-electron chi connectivity index (χ0n) is 6.86. The molecule has 3 aliphatic rings. The highest BCUT2D eigenvalue weighted by Gasteiger charge is 2.55. The molecule has 0 unspecified atom stereocenters. The third kappa shape index (κ3) is 0.756. The second-order valence-electron chi connectivity index (χ2n) is 4.04. The summed E-state index contributed by atoms with van der Waals surface area (Å²) < 4.78 is 10.7. The Kier molecular flexibility index (Phi) is 1.35. The van der Waals surface area contributed by atoms with Gasteiger partial charge in [0.25, 0.3) is 0 Å². The van der Waals surface area contributed by atoms with Crippen molar-refractivity contribution < 1.29 is 14.3 Å². The van der Waals surface area contributed by atoms with Gasteiger partial charge in [0.2, 0.25) is 0 Å². The van der Waals surface area contributed by atoms with E-state index in [0.717, 1.165) is 13.0 Å². The first-order valence-electron chi connectivity index (χ1n) is 4.58. The van der Waals surface area contributed by atoms with E-state index >= 15 is 0 Å². The molecule has 1 heterocycles. The smallest absolute Gasteiger partial charge is 0.147 e. The lowest BCUT2D eigenvalue weighted by Gasteiger charge is -2.39. The van der Waals surface area contributed by atoms with Crippen molar-refractivity contribution in [1.29, 1.82) is 0 Å². The molecule has 0 spiro atoms. The van der Waals surface area contributed by atoms with Crippen LogP contribution in [0.4, 0.5) is 0 Å². The SMILES string of the molecule is O=C1C[C@@H]2OCOC[C@@H]3C[C@H]1[C@@H]32. The Hall–Kier alpha value is -0.410. The standard InChI is InChI=1S/C9H12O3/c10-7-2-8-9-5(1-6(7)9)3-11-4-12-8/h5-6,8-9H,1-4H2/t5-,6+,8-,9+/m0/s1. The van der Waals surface area contributed by atoms with E-state index in [4.69, 9.17) is 9.47 Å². The van der Waals surface area contributed by atoms with Crippen molar-refractivity contribution in [3.8, 4) is 0 Å². The molecule has 1 saturated heterocycles. The van der Waals surface area contributed by atoms with Gasteiger partial charge >= 0.3 is 0 Å².